The summed E-state index contributed by atoms with van der Waals surface area (Å²) < 4.78 is 5.71. The summed E-state index contributed by atoms with van der Waals surface area (Å²) in [7, 11) is 0. The Bertz CT molecular complexity index is 1340. The lowest BCUT2D eigenvalue weighted by molar-refractivity contribution is -0.394. The molecule has 2 atom stereocenters. The van der Waals surface area contributed by atoms with Crippen LogP contribution in [0.3, 0.4) is 0 Å². The average molecular weight is 481 g/mol. The number of nitro benzene ring substituents is 2. The maximum atomic E-state index is 13.0. The van der Waals surface area contributed by atoms with Crippen LogP contribution in [0.5, 0.6) is 11.5 Å². The number of nitrogens with zero attached hydrogens (tertiary/aromatic N) is 2. The molecule has 11 heteroatoms. The molecule has 0 unspecified atom stereocenters. The lowest BCUT2D eigenvalue weighted by Gasteiger charge is -2.27. The van der Waals surface area contributed by atoms with Crippen LogP contribution in [0, 0.1) is 26.1 Å². The maximum Gasteiger partial charge on any atom is 0.318 e. The Morgan fingerprint density at radius 1 is 1.09 bits per heavy atom. The second kappa shape index (κ2) is 8.41. The molecule has 5 rings (SSSR count). The Morgan fingerprint density at radius 2 is 1.91 bits per heavy atom. The van der Waals surface area contributed by atoms with Gasteiger partial charge >= 0.3 is 5.69 Å². The van der Waals surface area contributed by atoms with Gasteiger partial charge in [-0.3, -0.25) is 25.0 Å². The molecule has 3 aromatic rings. The molecule has 174 valence electrons. The number of carbonyl (C=O) groups excluding carboxylic acids is 1. The third-order valence-electron chi connectivity index (χ3n) is 6.06. The molecule has 1 aliphatic carbocycles. The quantitative estimate of drug-likeness (QED) is 0.372. The number of anilines is 1. The monoisotopic (exact) mass is 480 g/mol. The third kappa shape index (κ3) is 3.94. The van der Waals surface area contributed by atoms with E-state index in [2.05, 4.69) is 17.6 Å². The standard InChI is InChI=1S/C23H20N4O6S/c1-12-5-7-16-19(9-12)34-23-20(16)22(28)24-21(25-23)13-3-2-4-15(10-13)33-18-8-6-14(26(29)30)11-17(18)27(31)32/h2-4,6,8,10-12,21,25H,5,7,9H2,1H3,(H,24,28)/t12-,21+/m1/s1. The third-order valence-corrected chi connectivity index (χ3v) is 7.24. The van der Waals surface area contributed by atoms with Gasteiger partial charge in [-0.05, 0) is 54.5 Å². The topological polar surface area (TPSA) is 137 Å². The molecule has 0 bridgehead atoms. The highest BCUT2D eigenvalue weighted by atomic mass is 32.1. The van der Waals surface area contributed by atoms with Crippen molar-refractivity contribution in [1.29, 1.82) is 0 Å². The largest absolute Gasteiger partial charge is 0.450 e. The SMILES string of the molecule is C[C@@H]1CCc2c(sc3c2C(=O)N[C@H](c2cccc(Oc4ccc([N+](=O)[O-])cc4[N+](=O)[O-])c2)N3)C1. The summed E-state index contributed by atoms with van der Waals surface area (Å²) in [5.74, 6) is 0.665. The van der Waals surface area contributed by atoms with Crippen LogP contribution in [-0.4, -0.2) is 15.8 Å². The molecule has 10 nitrogen and oxygen atoms in total. The van der Waals surface area contributed by atoms with Gasteiger partial charge in [0, 0.05) is 10.9 Å². The first-order chi connectivity index (χ1) is 16.3. The number of nitro groups is 2. The Labute approximate surface area is 197 Å². The number of hydrogen-bond donors (Lipinski definition) is 2. The number of rotatable bonds is 5. The summed E-state index contributed by atoms with van der Waals surface area (Å²) in [6, 6.07) is 10.0. The number of thiophene rings is 1. The van der Waals surface area contributed by atoms with E-state index in [9.17, 15) is 25.0 Å². The van der Waals surface area contributed by atoms with E-state index in [4.69, 9.17) is 4.74 Å². The van der Waals surface area contributed by atoms with Crippen LogP contribution in [0.25, 0.3) is 0 Å². The van der Waals surface area contributed by atoms with E-state index in [0.717, 1.165) is 47.5 Å². The van der Waals surface area contributed by atoms with Crippen LogP contribution in [0.4, 0.5) is 16.4 Å². The summed E-state index contributed by atoms with van der Waals surface area (Å²) in [6.45, 7) is 2.22. The Hall–Kier alpha value is -3.99. The van der Waals surface area contributed by atoms with Crippen molar-refractivity contribution in [2.24, 2.45) is 5.92 Å². The van der Waals surface area contributed by atoms with Crippen molar-refractivity contribution in [1.82, 2.24) is 5.32 Å². The highest BCUT2D eigenvalue weighted by Gasteiger charge is 2.33. The molecule has 2 N–H and O–H groups in total. The molecule has 1 aromatic heterocycles. The fraction of sp³-hybridized carbons (Fsp3) is 0.261. The first-order valence-electron chi connectivity index (χ1n) is 10.7. The van der Waals surface area contributed by atoms with Crippen molar-refractivity contribution < 1.29 is 19.4 Å². The Balaban J connectivity index is 1.41. The summed E-state index contributed by atoms with van der Waals surface area (Å²) in [5.41, 5.74) is 1.68. The minimum Gasteiger partial charge on any atom is -0.450 e. The Morgan fingerprint density at radius 3 is 2.68 bits per heavy atom. The van der Waals surface area contributed by atoms with Gasteiger partial charge in [-0.2, -0.15) is 0 Å². The van der Waals surface area contributed by atoms with Crippen molar-refractivity contribution in [3.63, 3.8) is 0 Å². The number of fused-ring (bicyclic) bond motifs is 3. The zero-order valence-corrected chi connectivity index (χ0v) is 18.9. The van der Waals surface area contributed by atoms with Gasteiger partial charge in [0.25, 0.3) is 11.6 Å². The van der Waals surface area contributed by atoms with Crippen LogP contribution in [-0.2, 0) is 12.8 Å². The summed E-state index contributed by atoms with van der Waals surface area (Å²) in [4.78, 5) is 35.2. The van der Waals surface area contributed by atoms with Crippen LogP contribution >= 0.6 is 11.3 Å². The highest BCUT2D eigenvalue weighted by Crippen LogP contribution is 2.43. The van der Waals surface area contributed by atoms with Gasteiger partial charge in [-0.15, -0.1) is 11.3 Å². The normalized spacial score (nSPS) is 18.8. The predicted molar refractivity (Wildman–Crippen MR) is 126 cm³/mol. The summed E-state index contributed by atoms with van der Waals surface area (Å²) in [5, 5.41) is 29.6. The van der Waals surface area contributed by atoms with E-state index in [1.54, 1.807) is 29.5 Å². The summed E-state index contributed by atoms with van der Waals surface area (Å²) in [6.07, 6.45) is 2.46. The molecule has 2 aromatic carbocycles. The maximum absolute atomic E-state index is 13.0. The molecule has 1 amide bonds. The fourth-order valence-corrected chi connectivity index (χ4v) is 5.80. The molecular formula is C23H20N4O6S. The lowest BCUT2D eigenvalue weighted by Crippen LogP contribution is -2.38. The molecule has 0 radical (unpaired) electrons. The highest BCUT2D eigenvalue weighted by molar-refractivity contribution is 7.16. The lowest BCUT2D eigenvalue weighted by atomic mass is 9.88. The van der Waals surface area contributed by atoms with Crippen molar-refractivity contribution >= 4 is 33.6 Å². The molecule has 0 fully saturated rings. The van der Waals surface area contributed by atoms with Crippen LogP contribution in [0.15, 0.2) is 42.5 Å². The van der Waals surface area contributed by atoms with Crippen LogP contribution < -0.4 is 15.4 Å². The van der Waals surface area contributed by atoms with Crippen molar-refractivity contribution in [3.8, 4) is 11.5 Å². The minimum absolute atomic E-state index is 0.115. The number of benzene rings is 2. The van der Waals surface area contributed by atoms with Crippen molar-refractivity contribution in [2.45, 2.75) is 32.4 Å². The predicted octanol–water partition coefficient (Wildman–Crippen LogP) is 5.34. The van der Waals surface area contributed by atoms with Gasteiger partial charge in [-0.1, -0.05) is 19.1 Å². The van der Waals surface area contributed by atoms with Crippen molar-refractivity contribution in [2.75, 3.05) is 5.32 Å². The first kappa shape index (κ1) is 21.8. The van der Waals surface area contributed by atoms with Gasteiger partial charge in [0.1, 0.15) is 16.9 Å². The van der Waals surface area contributed by atoms with E-state index < -0.39 is 27.4 Å². The van der Waals surface area contributed by atoms with Gasteiger partial charge in [0.15, 0.2) is 0 Å². The first-order valence-corrected chi connectivity index (χ1v) is 11.5. The van der Waals surface area contributed by atoms with Crippen molar-refractivity contribution in [3.05, 3.63) is 84.3 Å². The number of carbonyl (C=O) groups is 1. The second-order valence-corrected chi connectivity index (χ2v) is 9.55. The molecule has 0 spiro atoms. The molecular weight excluding hydrogens is 460 g/mol. The van der Waals surface area contributed by atoms with Gasteiger partial charge in [0.05, 0.1) is 21.5 Å². The van der Waals surface area contributed by atoms with E-state index >= 15 is 0 Å². The van der Waals surface area contributed by atoms with Crippen LogP contribution in [0.1, 0.15) is 45.9 Å². The number of amides is 1. The molecule has 34 heavy (non-hydrogen) atoms. The number of nitrogens with one attached hydrogen (secondary N) is 2. The van der Waals surface area contributed by atoms with E-state index in [-0.39, 0.29) is 11.7 Å². The smallest absolute Gasteiger partial charge is 0.318 e. The minimum atomic E-state index is -0.726. The number of hydrogen-bond acceptors (Lipinski definition) is 8. The molecule has 2 heterocycles. The van der Waals surface area contributed by atoms with Gasteiger partial charge in [0.2, 0.25) is 5.75 Å². The Kier molecular flexibility index (Phi) is 5.40. The zero-order chi connectivity index (χ0) is 24.0. The molecule has 0 saturated heterocycles. The van der Waals surface area contributed by atoms with Gasteiger partial charge in [-0.25, -0.2) is 0 Å². The van der Waals surface area contributed by atoms with Crippen LogP contribution in [0.2, 0.25) is 0 Å². The number of ether oxygens (including phenoxy) is 1. The summed E-state index contributed by atoms with van der Waals surface area (Å²) >= 11 is 1.63. The van der Waals surface area contributed by atoms with Gasteiger partial charge < -0.3 is 15.4 Å². The number of non-ortho nitro benzene ring substituents is 1. The molecule has 0 saturated carbocycles. The zero-order valence-electron chi connectivity index (χ0n) is 18.1. The molecule has 1 aliphatic heterocycles. The molecule has 2 aliphatic rings. The average Bonchev–Trinajstić information content (AvgIpc) is 3.17. The fourth-order valence-electron chi connectivity index (χ4n) is 4.36. The van der Waals surface area contributed by atoms with E-state index in [1.807, 2.05) is 6.07 Å². The van der Waals surface area contributed by atoms with E-state index in [1.165, 1.54) is 10.9 Å². The second-order valence-electron chi connectivity index (χ2n) is 8.45. The van der Waals surface area contributed by atoms with E-state index in [0.29, 0.717) is 17.2 Å².